The molecule has 3 aliphatic rings. The topological polar surface area (TPSA) is 94.7 Å². The molecule has 8 nitrogen and oxygen atoms in total. The molecule has 4 aromatic rings. The van der Waals surface area contributed by atoms with Crippen LogP contribution in [0.4, 0.5) is 10.5 Å². The van der Waals surface area contributed by atoms with Crippen molar-refractivity contribution in [1.29, 1.82) is 0 Å². The van der Waals surface area contributed by atoms with E-state index in [0.29, 0.717) is 23.4 Å². The van der Waals surface area contributed by atoms with Gasteiger partial charge in [-0.15, -0.1) is 0 Å². The van der Waals surface area contributed by atoms with Gasteiger partial charge in [-0.3, -0.25) is 14.5 Å². The summed E-state index contributed by atoms with van der Waals surface area (Å²) in [5.41, 5.74) is 4.40. The third-order valence-electron chi connectivity index (χ3n) is 9.29. The lowest BCUT2D eigenvalue weighted by Gasteiger charge is -2.36. The summed E-state index contributed by atoms with van der Waals surface area (Å²) in [6.45, 7) is 0. The van der Waals surface area contributed by atoms with Gasteiger partial charge in [0.15, 0.2) is 0 Å². The lowest BCUT2D eigenvalue weighted by molar-refractivity contribution is -0.120. The second-order valence-electron chi connectivity index (χ2n) is 11.9. The second kappa shape index (κ2) is 11.2. The van der Waals surface area contributed by atoms with Gasteiger partial charge in [0.2, 0.25) is 0 Å². The number of anilines is 1. The van der Waals surface area contributed by atoms with E-state index < -0.39 is 18.1 Å². The zero-order valence-electron chi connectivity index (χ0n) is 24.3. The lowest BCUT2D eigenvalue weighted by Crippen LogP contribution is -2.44. The van der Waals surface area contributed by atoms with Crippen LogP contribution in [0.15, 0.2) is 72.8 Å². The number of carbonyl (C=O) groups is 3. The predicted octanol–water partition coefficient (Wildman–Crippen LogP) is 6.50. The number of aromatic nitrogens is 1. The van der Waals surface area contributed by atoms with Gasteiger partial charge >= 0.3 is 6.03 Å². The van der Waals surface area contributed by atoms with E-state index in [9.17, 15) is 14.4 Å². The molecule has 2 N–H and O–H groups in total. The number of hydrogen-bond acceptors (Lipinski definition) is 4. The molecule has 3 aromatic carbocycles. The molecule has 0 unspecified atom stereocenters. The maximum Gasteiger partial charge on any atom is 0.332 e. The Kier molecular flexibility index (Phi) is 7.13. The fraction of sp³-hybridized carbons (Fsp3) is 0.343. The number of H-pyrrole nitrogens is 1. The number of nitrogens with zero attached hydrogens (tertiary/aromatic N) is 2. The van der Waals surface area contributed by atoms with Crippen molar-refractivity contribution in [2.45, 2.75) is 69.5 Å². The number of ether oxygens (including phenoxy) is 1. The summed E-state index contributed by atoms with van der Waals surface area (Å²) in [6.07, 6.45) is 8.07. The highest BCUT2D eigenvalue weighted by molar-refractivity contribution is 6.24. The van der Waals surface area contributed by atoms with E-state index in [0.717, 1.165) is 53.4 Å². The average Bonchev–Trinajstić information content (AvgIpc) is 3.51. The number of fused-ring (bicyclic) bond motifs is 4. The molecule has 2 atom stereocenters. The second-order valence-corrected chi connectivity index (χ2v) is 11.9. The van der Waals surface area contributed by atoms with Crippen LogP contribution in [-0.4, -0.2) is 46.9 Å². The van der Waals surface area contributed by atoms with E-state index in [2.05, 4.69) is 16.4 Å². The first kappa shape index (κ1) is 27.3. The third-order valence-corrected chi connectivity index (χ3v) is 9.29. The van der Waals surface area contributed by atoms with Gasteiger partial charge in [0, 0.05) is 29.1 Å². The van der Waals surface area contributed by atoms with E-state index in [4.69, 9.17) is 4.74 Å². The largest absolute Gasteiger partial charge is 0.497 e. The van der Waals surface area contributed by atoms with Gasteiger partial charge in [0.25, 0.3) is 11.8 Å². The van der Waals surface area contributed by atoms with E-state index in [1.54, 1.807) is 36.3 Å². The number of benzene rings is 3. The molecule has 4 amide bonds. The van der Waals surface area contributed by atoms with Crippen molar-refractivity contribution in [2.24, 2.45) is 0 Å². The monoisotopic (exact) mass is 576 g/mol. The summed E-state index contributed by atoms with van der Waals surface area (Å²) in [5.74, 6) is 0.107. The molecule has 0 radical (unpaired) electrons. The van der Waals surface area contributed by atoms with Gasteiger partial charge in [-0.25, -0.2) is 9.69 Å². The first-order chi connectivity index (χ1) is 21.0. The Bertz CT molecular complexity index is 1700. The van der Waals surface area contributed by atoms with Crippen LogP contribution in [0.3, 0.4) is 0 Å². The molecular formula is C35H36N4O4. The summed E-state index contributed by atoms with van der Waals surface area (Å²) in [6, 6.07) is 21.1. The minimum atomic E-state index is -0.711. The van der Waals surface area contributed by atoms with E-state index in [-0.39, 0.29) is 17.9 Å². The van der Waals surface area contributed by atoms with Gasteiger partial charge in [-0.1, -0.05) is 74.6 Å². The van der Waals surface area contributed by atoms with Gasteiger partial charge in [-0.2, -0.15) is 0 Å². The SMILES string of the molecule is COc1cccc([C@H]2c3[nH]c4ccccc4c3C[C@H]3C(=O)N(c4ccccc4C(=O)NC4CCCCCCC4)C(=O)N23)c1. The molecule has 8 heteroatoms. The molecule has 1 aliphatic carbocycles. The quantitative estimate of drug-likeness (QED) is 0.265. The highest BCUT2D eigenvalue weighted by Gasteiger charge is 2.53. The van der Waals surface area contributed by atoms with Crippen molar-refractivity contribution >= 4 is 34.4 Å². The average molecular weight is 577 g/mol. The first-order valence-electron chi connectivity index (χ1n) is 15.3. The fourth-order valence-electron chi connectivity index (χ4n) is 7.18. The number of carbonyl (C=O) groups excluding carboxylic acids is 3. The minimum Gasteiger partial charge on any atom is -0.497 e. The van der Waals surface area contributed by atoms with Crippen LogP contribution in [0, 0.1) is 0 Å². The zero-order valence-corrected chi connectivity index (χ0v) is 24.3. The third kappa shape index (κ3) is 4.75. The fourth-order valence-corrected chi connectivity index (χ4v) is 7.18. The van der Waals surface area contributed by atoms with Crippen LogP contribution in [0.5, 0.6) is 5.75 Å². The van der Waals surface area contributed by atoms with Crippen LogP contribution in [0.1, 0.15) is 78.2 Å². The van der Waals surface area contributed by atoms with Gasteiger partial charge in [0.05, 0.1) is 18.4 Å². The molecule has 43 heavy (non-hydrogen) atoms. The standard InChI is InChI=1S/C35H36N4O4/c1-43-24-15-11-12-22(20-24)32-31-27(25-16-7-9-18-28(25)37-31)21-30-34(41)39(35(42)38(30)32)29-19-10-8-17-26(29)33(40)36-23-13-5-3-2-4-6-14-23/h7-12,15-20,23,30,32,37H,2-6,13-14,21H2,1H3,(H,36,40)/t30-,32-/m0/s1. The van der Waals surface area contributed by atoms with Crippen LogP contribution in [-0.2, 0) is 11.2 Å². The first-order valence-corrected chi connectivity index (χ1v) is 15.3. The number of rotatable bonds is 5. The van der Waals surface area contributed by atoms with E-state index in [1.165, 1.54) is 24.2 Å². The Balaban J connectivity index is 1.28. The Morgan fingerprint density at radius 2 is 1.65 bits per heavy atom. The number of nitrogens with one attached hydrogen (secondary N) is 2. The van der Waals surface area contributed by atoms with Crippen LogP contribution < -0.4 is 15.0 Å². The number of hydrogen-bond donors (Lipinski definition) is 2. The number of aromatic amines is 1. The number of amides is 4. The Hall–Kier alpha value is -4.59. The molecule has 3 heterocycles. The Morgan fingerprint density at radius 3 is 2.47 bits per heavy atom. The molecule has 2 aliphatic heterocycles. The highest BCUT2D eigenvalue weighted by atomic mass is 16.5. The number of para-hydroxylation sites is 2. The predicted molar refractivity (Wildman–Crippen MR) is 165 cm³/mol. The van der Waals surface area contributed by atoms with Crippen molar-refractivity contribution in [1.82, 2.24) is 15.2 Å². The van der Waals surface area contributed by atoms with Gasteiger partial charge in [0.1, 0.15) is 17.8 Å². The van der Waals surface area contributed by atoms with Crippen LogP contribution >= 0.6 is 0 Å². The van der Waals surface area contributed by atoms with Crippen molar-refractivity contribution in [3.05, 3.63) is 95.2 Å². The molecule has 1 aromatic heterocycles. The number of imide groups is 1. The lowest BCUT2D eigenvalue weighted by atomic mass is 9.89. The van der Waals surface area contributed by atoms with Crippen molar-refractivity contribution in [3.8, 4) is 5.75 Å². The minimum absolute atomic E-state index is 0.0907. The van der Waals surface area contributed by atoms with Crippen LogP contribution in [0.25, 0.3) is 10.9 Å². The molecule has 7 rings (SSSR count). The van der Waals surface area contributed by atoms with E-state index >= 15 is 0 Å². The molecule has 0 bridgehead atoms. The number of urea groups is 1. The molecule has 220 valence electrons. The van der Waals surface area contributed by atoms with Gasteiger partial charge < -0.3 is 15.0 Å². The summed E-state index contributed by atoms with van der Waals surface area (Å²) >= 11 is 0. The molecule has 0 spiro atoms. The highest BCUT2D eigenvalue weighted by Crippen LogP contribution is 2.45. The molecule has 1 saturated heterocycles. The van der Waals surface area contributed by atoms with Crippen molar-refractivity contribution in [2.75, 3.05) is 12.0 Å². The summed E-state index contributed by atoms with van der Waals surface area (Å²) in [4.78, 5) is 48.8. The molecular weight excluding hydrogens is 540 g/mol. The molecule has 1 saturated carbocycles. The van der Waals surface area contributed by atoms with Crippen LogP contribution in [0.2, 0.25) is 0 Å². The summed E-state index contributed by atoms with van der Waals surface area (Å²) < 4.78 is 5.53. The summed E-state index contributed by atoms with van der Waals surface area (Å²) in [5, 5.41) is 4.26. The maximum absolute atomic E-state index is 14.4. The molecule has 2 fully saturated rings. The smallest absolute Gasteiger partial charge is 0.332 e. The number of methoxy groups -OCH3 is 1. The zero-order chi connectivity index (χ0) is 29.5. The van der Waals surface area contributed by atoms with Crippen molar-refractivity contribution in [3.63, 3.8) is 0 Å². The Morgan fingerprint density at radius 1 is 0.907 bits per heavy atom. The van der Waals surface area contributed by atoms with Gasteiger partial charge in [-0.05, 0) is 54.3 Å². The normalized spacial score (nSPS) is 20.9. The summed E-state index contributed by atoms with van der Waals surface area (Å²) in [7, 11) is 1.61. The van der Waals surface area contributed by atoms with E-state index in [1.807, 2.05) is 42.5 Å². The maximum atomic E-state index is 14.4. The van der Waals surface area contributed by atoms with Crippen molar-refractivity contribution < 1.29 is 19.1 Å². The Labute approximate surface area is 251 Å².